The molecule has 0 heterocycles. The SMILES string of the molecule is CCN(c1cccc(F)c1)c1ccc(N)c(C(=O)OC)c1. The van der Waals surface area contributed by atoms with Crippen LogP contribution in [-0.2, 0) is 4.74 Å². The molecule has 110 valence electrons. The first-order valence-electron chi connectivity index (χ1n) is 6.57. The summed E-state index contributed by atoms with van der Waals surface area (Å²) in [7, 11) is 1.30. The van der Waals surface area contributed by atoms with E-state index in [0.29, 0.717) is 23.5 Å². The number of esters is 1. The highest BCUT2D eigenvalue weighted by Gasteiger charge is 2.14. The average molecular weight is 288 g/mol. The highest BCUT2D eigenvalue weighted by molar-refractivity contribution is 5.96. The maximum absolute atomic E-state index is 13.4. The van der Waals surface area contributed by atoms with Crippen molar-refractivity contribution in [3.8, 4) is 0 Å². The van der Waals surface area contributed by atoms with Crippen LogP contribution in [0.15, 0.2) is 42.5 Å². The summed E-state index contributed by atoms with van der Waals surface area (Å²) in [6, 6.07) is 11.4. The minimum Gasteiger partial charge on any atom is -0.465 e. The Kier molecular flexibility index (Phi) is 4.42. The van der Waals surface area contributed by atoms with Gasteiger partial charge in [-0.3, -0.25) is 0 Å². The number of carbonyl (C=O) groups is 1. The van der Waals surface area contributed by atoms with Crippen LogP contribution in [0.4, 0.5) is 21.5 Å². The molecule has 0 radical (unpaired) electrons. The van der Waals surface area contributed by atoms with Crippen LogP contribution in [0.5, 0.6) is 0 Å². The normalized spacial score (nSPS) is 10.2. The lowest BCUT2D eigenvalue weighted by atomic mass is 10.1. The summed E-state index contributed by atoms with van der Waals surface area (Å²) in [6.07, 6.45) is 0. The van der Waals surface area contributed by atoms with Gasteiger partial charge in [0, 0.05) is 23.6 Å². The molecule has 0 amide bonds. The van der Waals surface area contributed by atoms with Gasteiger partial charge in [-0.15, -0.1) is 0 Å². The van der Waals surface area contributed by atoms with Gasteiger partial charge in [0.25, 0.3) is 0 Å². The number of nitrogens with zero attached hydrogens (tertiary/aromatic N) is 1. The van der Waals surface area contributed by atoms with Crippen LogP contribution >= 0.6 is 0 Å². The molecule has 0 bridgehead atoms. The molecule has 2 N–H and O–H groups in total. The number of benzene rings is 2. The van der Waals surface area contributed by atoms with Gasteiger partial charge >= 0.3 is 5.97 Å². The fourth-order valence-corrected chi connectivity index (χ4v) is 2.16. The average Bonchev–Trinajstić information content (AvgIpc) is 2.49. The molecule has 0 atom stereocenters. The van der Waals surface area contributed by atoms with E-state index in [2.05, 4.69) is 0 Å². The Balaban J connectivity index is 2.46. The molecular weight excluding hydrogens is 271 g/mol. The van der Waals surface area contributed by atoms with Crippen LogP contribution in [0, 0.1) is 5.82 Å². The second kappa shape index (κ2) is 6.26. The van der Waals surface area contributed by atoms with Crippen molar-refractivity contribution in [3.63, 3.8) is 0 Å². The van der Waals surface area contributed by atoms with Gasteiger partial charge in [0.1, 0.15) is 5.82 Å². The minimum absolute atomic E-state index is 0.296. The first-order valence-corrected chi connectivity index (χ1v) is 6.57. The van der Waals surface area contributed by atoms with Gasteiger partial charge in [0.05, 0.1) is 12.7 Å². The molecular formula is C16H17FN2O2. The van der Waals surface area contributed by atoms with Crippen LogP contribution in [0.2, 0.25) is 0 Å². The van der Waals surface area contributed by atoms with E-state index in [1.165, 1.54) is 19.2 Å². The number of hydrogen-bond acceptors (Lipinski definition) is 4. The summed E-state index contributed by atoms with van der Waals surface area (Å²) < 4.78 is 18.1. The number of carbonyl (C=O) groups excluding carboxylic acids is 1. The highest BCUT2D eigenvalue weighted by Crippen LogP contribution is 2.28. The Morgan fingerprint density at radius 2 is 1.95 bits per heavy atom. The molecule has 2 rings (SSSR count). The Labute approximate surface area is 122 Å². The fourth-order valence-electron chi connectivity index (χ4n) is 2.16. The quantitative estimate of drug-likeness (QED) is 0.692. The van der Waals surface area contributed by atoms with Gasteiger partial charge in [-0.05, 0) is 43.3 Å². The molecule has 0 aliphatic heterocycles. The van der Waals surface area contributed by atoms with Crippen molar-refractivity contribution in [1.29, 1.82) is 0 Å². The molecule has 21 heavy (non-hydrogen) atoms. The number of nitrogens with two attached hydrogens (primary N) is 1. The molecule has 5 heteroatoms. The van der Waals surface area contributed by atoms with Gasteiger partial charge in [-0.1, -0.05) is 6.07 Å². The Hall–Kier alpha value is -2.56. The third-order valence-corrected chi connectivity index (χ3v) is 3.19. The molecule has 0 saturated heterocycles. The lowest BCUT2D eigenvalue weighted by Crippen LogP contribution is -2.17. The van der Waals surface area contributed by atoms with Crippen molar-refractivity contribution < 1.29 is 13.9 Å². The first-order chi connectivity index (χ1) is 10.1. The van der Waals surface area contributed by atoms with E-state index >= 15 is 0 Å². The van der Waals surface area contributed by atoms with Crippen LogP contribution in [-0.4, -0.2) is 19.6 Å². The second-order valence-electron chi connectivity index (χ2n) is 4.49. The predicted molar refractivity (Wildman–Crippen MR) is 81.3 cm³/mol. The Morgan fingerprint density at radius 3 is 2.57 bits per heavy atom. The molecule has 2 aromatic carbocycles. The number of nitrogen functional groups attached to an aromatic ring is 1. The van der Waals surface area contributed by atoms with Crippen molar-refractivity contribution in [3.05, 3.63) is 53.8 Å². The molecule has 0 unspecified atom stereocenters. The highest BCUT2D eigenvalue weighted by atomic mass is 19.1. The minimum atomic E-state index is -0.496. The molecule has 2 aromatic rings. The zero-order valence-electron chi connectivity index (χ0n) is 12.0. The third kappa shape index (κ3) is 3.13. The summed E-state index contributed by atoms with van der Waals surface area (Å²) in [5, 5.41) is 0. The molecule has 4 nitrogen and oxygen atoms in total. The van der Waals surface area contributed by atoms with Gasteiger partial charge in [-0.2, -0.15) is 0 Å². The zero-order chi connectivity index (χ0) is 15.4. The van der Waals surface area contributed by atoms with E-state index in [1.54, 1.807) is 30.3 Å². The maximum atomic E-state index is 13.4. The standard InChI is InChI=1S/C16H17FN2O2/c1-3-19(12-6-4-5-11(17)9-12)13-7-8-15(18)14(10-13)16(20)21-2/h4-10H,3,18H2,1-2H3. The molecule has 0 saturated carbocycles. The molecule has 0 aromatic heterocycles. The van der Waals surface area contributed by atoms with E-state index < -0.39 is 5.97 Å². The van der Waals surface area contributed by atoms with E-state index in [4.69, 9.17) is 10.5 Å². The van der Waals surface area contributed by atoms with Crippen molar-refractivity contribution >= 4 is 23.0 Å². The summed E-state index contributed by atoms with van der Waals surface area (Å²) in [5.74, 6) is -0.806. The van der Waals surface area contributed by atoms with E-state index in [0.717, 1.165) is 5.69 Å². The van der Waals surface area contributed by atoms with Crippen molar-refractivity contribution in [1.82, 2.24) is 0 Å². The molecule has 0 spiro atoms. The number of hydrogen-bond donors (Lipinski definition) is 1. The predicted octanol–water partition coefficient (Wildman–Crippen LogP) is 3.35. The Morgan fingerprint density at radius 1 is 1.24 bits per heavy atom. The van der Waals surface area contributed by atoms with Crippen molar-refractivity contribution in [2.75, 3.05) is 24.3 Å². The maximum Gasteiger partial charge on any atom is 0.340 e. The second-order valence-corrected chi connectivity index (χ2v) is 4.49. The van der Waals surface area contributed by atoms with Gasteiger partial charge in [0.2, 0.25) is 0 Å². The number of halogens is 1. The summed E-state index contributed by atoms with van der Waals surface area (Å²) >= 11 is 0. The van der Waals surface area contributed by atoms with E-state index in [1.807, 2.05) is 11.8 Å². The lowest BCUT2D eigenvalue weighted by molar-refractivity contribution is 0.0602. The van der Waals surface area contributed by atoms with Gasteiger partial charge < -0.3 is 15.4 Å². The zero-order valence-corrected chi connectivity index (χ0v) is 12.0. The topological polar surface area (TPSA) is 55.6 Å². The first kappa shape index (κ1) is 14.8. The monoisotopic (exact) mass is 288 g/mol. The van der Waals surface area contributed by atoms with Crippen LogP contribution in [0.25, 0.3) is 0 Å². The van der Waals surface area contributed by atoms with Crippen molar-refractivity contribution in [2.24, 2.45) is 0 Å². The van der Waals surface area contributed by atoms with E-state index in [9.17, 15) is 9.18 Å². The third-order valence-electron chi connectivity index (χ3n) is 3.19. The fraction of sp³-hybridized carbons (Fsp3) is 0.188. The smallest absolute Gasteiger partial charge is 0.340 e. The van der Waals surface area contributed by atoms with Gasteiger partial charge in [0.15, 0.2) is 0 Å². The van der Waals surface area contributed by atoms with Crippen LogP contribution in [0.1, 0.15) is 17.3 Å². The summed E-state index contributed by atoms with van der Waals surface area (Å²) in [6.45, 7) is 2.56. The Bertz CT molecular complexity index is 658. The van der Waals surface area contributed by atoms with E-state index in [-0.39, 0.29) is 5.82 Å². The molecule has 0 aliphatic carbocycles. The number of ether oxygens (including phenoxy) is 1. The summed E-state index contributed by atoms with van der Waals surface area (Å²) in [5.41, 5.74) is 7.89. The largest absolute Gasteiger partial charge is 0.465 e. The summed E-state index contributed by atoms with van der Waals surface area (Å²) in [4.78, 5) is 13.6. The van der Waals surface area contributed by atoms with Crippen molar-refractivity contribution in [2.45, 2.75) is 6.92 Å². The number of rotatable bonds is 4. The van der Waals surface area contributed by atoms with Crippen LogP contribution < -0.4 is 10.6 Å². The van der Waals surface area contributed by atoms with Crippen LogP contribution in [0.3, 0.4) is 0 Å². The lowest BCUT2D eigenvalue weighted by Gasteiger charge is -2.24. The number of anilines is 3. The van der Waals surface area contributed by atoms with Gasteiger partial charge in [-0.25, -0.2) is 9.18 Å². The number of methoxy groups -OCH3 is 1. The molecule has 0 aliphatic rings. The molecule has 0 fully saturated rings.